The number of fused-ring (bicyclic) bond motifs is 3. The Balaban J connectivity index is 1.87. The maximum absolute atomic E-state index is 13.1. The Morgan fingerprint density at radius 1 is 0.912 bits per heavy atom. The molecule has 34 heavy (non-hydrogen) atoms. The van der Waals surface area contributed by atoms with Crippen molar-refractivity contribution in [2.75, 3.05) is 5.32 Å². The number of carbonyl (C=O) groups is 1. The molecule has 0 amide bonds. The number of cyclic esters (lactones) is 1. The van der Waals surface area contributed by atoms with E-state index in [1.807, 2.05) is 0 Å². The normalized spacial score (nSPS) is 20.7. The molecule has 176 valence electrons. The summed E-state index contributed by atoms with van der Waals surface area (Å²) in [6, 6.07) is 15.5. The third kappa shape index (κ3) is 3.70. The molecule has 3 aromatic rings. The first kappa shape index (κ1) is 22.7. The van der Waals surface area contributed by atoms with Crippen LogP contribution >= 0.6 is 0 Å². The highest BCUT2D eigenvalue weighted by atomic mass is 16.8. The van der Waals surface area contributed by atoms with Crippen LogP contribution in [0, 0.1) is 27.7 Å². The van der Waals surface area contributed by atoms with Gasteiger partial charge in [0.15, 0.2) is 6.10 Å². The number of ether oxygens (including phenoxy) is 2. The van der Waals surface area contributed by atoms with Crippen LogP contribution in [0.25, 0.3) is 22.3 Å². The van der Waals surface area contributed by atoms with Crippen molar-refractivity contribution in [1.82, 2.24) is 0 Å². The Kier molecular flexibility index (Phi) is 5.33. The molecule has 0 aromatic heterocycles. The lowest BCUT2D eigenvalue weighted by atomic mass is 9.81. The molecule has 4 nitrogen and oxygen atoms in total. The highest BCUT2D eigenvalue weighted by Crippen LogP contribution is 2.50. The van der Waals surface area contributed by atoms with Crippen LogP contribution in [0.2, 0.25) is 0 Å². The summed E-state index contributed by atoms with van der Waals surface area (Å²) in [6.45, 7) is 14.3. The number of rotatable bonds is 2. The van der Waals surface area contributed by atoms with E-state index in [-0.39, 0.29) is 12.0 Å². The number of benzene rings is 3. The molecule has 2 aliphatic heterocycles. The molecule has 1 N–H and O–H groups in total. The number of hydrogen-bond donors (Lipinski definition) is 1. The van der Waals surface area contributed by atoms with Crippen LogP contribution < -0.4 is 5.32 Å². The predicted molar refractivity (Wildman–Crippen MR) is 137 cm³/mol. The fourth-order valence-corrected chi connectivity index (χ4v) is 5.55. The highest BCUT2D eigenvalue weighted by Gasteiger charge is 2.44. The number of anilines is 1. The van der Waals surface area contributed by atoms with Crippen LogP contribution in [-0.2, 0) is 20.7 Å². The van der Waals surface area contributed by atoms with Crippen LogP contribution in [0.5, 0.6) is 0 Å². The van der Waals surface area contributed by atoms with Gasteiger partial charge in [-0.2, -0.15) is 0 Å². The summed E-state index contributed by atoms with van der Waals surface area (Å²) in [4.78, 5) is 13.1. The van der Waals surface area contributed by atoms with E-state index < -0.39 is 11.9 Å². The van der Waals surface area contributed by atoms with E-state index in [0.717, 1.165) is 39.9 Å². The maximum atomic E-state index is 13.1. The average molecular weight is 456 g/mol. The van der Waals surface area contributed by atoms with Crippen LogP contribution in [0.4, 0.5) is 5.69 Å². The number of esters is 1. The number of nitrogens with one attached hydrogen (secondary N) is 1. The molecule has 0 aliphatic carbocycles. The Morgan fingerprint density at radius 3 is 2.24 bits per heavy atom. The molecule has 4 heteroatoms. The fourth-order valence-electron chi connectivity index (χ4n) is 5.55. The van der Waals surface area contributed by atoms with E-state index in [4.69, 9.17) is 9.47 Å². The molecule has 0 spiro atoms. The number of carbonyl (C=O) groups excluding carboxylic acids is 1. The largest absolute Gasteiger partial charge is 0.431 e. The van der Waals surface area contributed by atoms with Crippen LogP contribution in [0.1, 0.15) is 60.3 Å². The molecule has 0 radical (unpaired) electrons. The minimum Gasteiger partial charge on any atom is -0.431 e. The minimum atomic E-state index is -0.954. The van der Waals surface area contributed by atoms with Crippen LogP contribution in [0.15, 0.2) is 42.5 Å². The second-order valence-corrected chi connectivity index (χ2v) is 10.4. The zero-order chi connectivity index (χ0) is 24.4. The zero-order valence-electron chi connectivity index (χ0n) is 21.1. The predicted octanol–water partition coefficient (Wildman–Crippen LogP) is 6.96. The summed E-state index contributed by atoms with van der Waals surface area (Å²) in [5.74, 6) is -1.29. The van der Waals surface area contributed by atoms with Crippen LogP contribution in [-0.4, -0.2) is 17.8 Å². The van der Waals surface area contributed by atoms with E-state index in [9.17, 15) is 4.79 Å². The first-order valence-corrected chi connectivity index (χ1v) is 12.1. The summed E-state index contributed by atoms with van der Waals surface area (Å²) < 4.78 is 11.8. The van der Waals surface area contributed by atoms with Crippen molar-refractivity contribution in [3.05, 3.63) is 75.8 Å². The molecule has 5 rings (SSSR count). The minimum absolute atomic E-state index is 0.255. The molecule has 2 atom stereocenters. The van der Waals surface area contributed by atoms with Crippen molar-refractivity contribution in [3.63, 3.8) is 0 Å². The van der Waals surface area contributed by atoms with Crippen molar-refractivity contribution in [2.24, 2.45) is 0 Å². The molecule has 3 aromatic carbocycles. The number of aryl methyl sites for hydroxylation is 2. The standard InChI is InChI=1S/C30H33NO3/c1-16-8-11-21(12-9-16)24-19(4)25-23-13-10-17(2)14-22(23)15-18(3)31-27(25)20(5)26(24)28-29(32)34-30(6,7)33-28/h8-14,18,28,31H,15H2,1-7H3/t18?,28-/m0/s1. The molecule has 2 aliphatic rings. The van der Waals surface area contributed by atoms with Gasteiger partial charge in [0.2, 0.25) is 5.79 Å². The second kappa shape index (κ2) is 7.99. The van der Waals surface area contributed by atoms with Gasteiger partial charge in [-0.3, -0.25) is 0 Å². The summed E-state index contributed by atoms with van der Waals surface area (Å²) in [7, 11) is 0. The van der Waals surface area contributed by atoms with Gasteiger partial charge in [0, 0.05) is 36.7 Å². The van der Waals surface area contributed by atoms with Gasteiger partial charge in [0.1, 0.15) is 0 Å². The average Bonchev–Trinajstić information content (AvgIpc) is 2.94. The topological polar surface area (TPSA) is 47.6 Å². The van der Waals surface area contributed by atoms with Crippen molar-refractivity contribution < 1.29 is 14.3 Å². The van der Waals surface area contributed by atoms with E-state index in [1.165, 1.54) is 27.8 Å². The Morgan fingerprint density at radius 2 is 1.59 bits per heavy atom. The highest BCUT2D eigenvalue weighted by molar-refractivity contribution is 5.96. The molecule has 0 bridgehead atoms. The summed E-state index contributed by atoms with van der Waals surface area (Å²) >= 11 is 0. The van der Waals surface area contributed by atoms with Gasteiger partial charge in [-0.05, 0) is 74.4 Å². The molecular formula is C30H33NO3. The van der Waals surface area contributed by atoms with Crippen molar-refractivity contribution in [2.45, 2.75) is 72.8 Å². The lowest BCUT2D eigenvalue weighted by Crippen LogP contribution is -2.21. The molecule has 1 unspecified atom stereocenters. The van der Waals surface area contributed by atoms with Crippen molar-refractivity contribution in [3.8, 4) is 22.3 Å². The third-order valence-corrected chi connectivity index (χ3v) is 7.06. The lowest BCUT2D eigenvalue weighted by molar-refractivity contribution is -0.160. The first-order chi connectivity index (χ1) is 16.1. The SMILES string of the molecule is Cc1ccc(-c2c(C)c3c(c(C)c2[C@@H]2OC(C)(C)OC2=O)NC(C)Cc2cc(C)ccc2-3)cc1. The van der Waals surface area contributed by atoms with Crippen molar-refractivity contribution >= 4 is 11.7 Å². The monoisotopic (exact) mass is 455 g/mol. The second-order valence-electron chi connectivity index (χ2n) is 10.4. The van der Waals surface area contributed by atoms with Gasteiger partial charge in [0.25, 0.3) is 0 Å². The Hall–Kier alpha value is -3.11. The van der Waals surface area contributed by atoms with Crippen molar-refractivity contribution in [1.29, 1.82) is 0 Å². The molecule has 1 saturated heterocycles. The summed E-state index contributed by atoms with van der Waals surface area (Å²) in [5, 5.41) is 3.78. The maximum Gasteiger partial charge on any atom is 0.342 e. The quantitative estimate of drug-likeness (QED) is 0.424. The van der Waals surface area contributed by atoms with Gasteiger partial charge in [-0.15, -0.1) is 0 Å². The van der Waals surface area contributed by atoms with Gasteiger partial charge >= 0.3 is 5.97 Å². The van der Waals surface area contributed by atoms with Crippen LogP contribution in [0.3, 0.4) is 0 Å². The van der Waals surface area contributed by atoms with E-state index in [0.29, 0.717) is 0 Å². The smallest absolute Gasteiger partial charge is 0.342 e. The Labute approximate surface area is 202 Å². The first-order valence-electron chi connectivity index (χ1n) is 12.1. The van der Waals surface area contributed by atoms with Gasteiger partial charge in [0.05, 0.1) is 0 Å². The molecule has 2 heterocycles. The van der Waals surface area contributed by atoms with E-state index in [2.05, 4.69) is 82.4 Å². The molecule has 0 saturated carbocycles. The number of hydrogen-bond acceptors (Lipinski definition) is 4. The third-order valence-electron chi connectivity index (χ3n) is 7.06. The Bertz CT molecular complexity index is 1300. The van der Waals surface area contributed by atoms with E-state index >= 15 is 0 Å². The van der Waals surface area contributed by atoms with Gasteiger partial charge in [-0.1, -0.05) is 53.6 Å². The van der Waals surface area contributed by atoms with E-state index in [1.54, 1.807) is 13.8 Å². The summed E-state index contributed by atoms with van der Waals surface area (Å²) in [6.07, 6.45) is 0.169. The summed E-state index contributed by atoms with van der Waals surface area (Å²) in [5.41, 5.74) is 12.6. The molecule has 1 fully saturated rings. The van der Waals surface area contributed by atoms with Gasteiger partial charge < -0.3 is 14.8 Å². The zero-order valence-corrected chi connectivity index (χ0v) is 21.1. The van der Waals surface area contributed by atoms with Gasteiger partial charge in [-0.25, -0.2) is 4.79 Å². The lowest BCUT2D eigenvalue weighted by Gasteiger charge is -2.27. The molecular weight excluding hydrogens is 422 g/mol. The fraction of sp³-hybridized carbons (Fsp3) is 0.367.